The van der Waals surface area contributed by atoms with E-state index in [2.05, 4.69) is 0 Å². The maximum absolute atomic E-state index is 9.47. The van der Waals surface area contributed by atoms with Crippen LogP contribution in [-0.2, 0) is 9.47 Å². The van der Waals surface area contributed by atoms with Crippen LogP contribution in [0, 0.1) is 0 Å². The summed E-state index contributed by atoms with van der Waals surface area (Å²) in [7, 11) is 2.78. The number of aliphatic hydroxyl groups excluding tert-OH is 2. The van der Waals surface area contributed by atoms with Crippen molar-refractivity contribution in [3.05, 3.63) is 35.4 Å². The van der Waals surface area contributed by atoms with Crippen LogP contribution < -0.4 is 0 Å². The van der Waals surface area contributed by atoms with E-state index in [1.54, 1.807) is 24.3 Å². The molecule has 0 amide bonds. The molecule has 0 bridgehead atoms. The summed E-state index contributed by atoms with van der Waals surface area (Å²) in [6, 6.07) is 6.85. The van der Waals surface area contributed by atoms with Gasteiger partial charge in [-0.3, -0.25) is 0 Å². The van der Waals surface area contributed by atoms with Gasteiger partial charge in [0.15, 0.2) is 12.6 Å². The van der Waals surface area contributed by atoms with Crippen LogP contribution in [0.15, 0.2) is 24.3 Å². The van der Waals surface area contributed by atoms with E-state index in [4.69, 9.17) is 9.47 Å². The lowest BCUT2D eigenvalue weighted by atomic mass is 10.1. The van der Waals surface area contributed by atoms with Gasteiger partial charge < -0.3 is 19.7 Å². The summed E-state index contributed by atoms with van der Waals surface area (Å²) in [5.41, 5.74) is 1.01. The minimum Gasteiger partial charge on any atom is -0.364 e. The lowest BCUT2D eigenvalue weighted by molar-refractivity contribution is -0.0958. The molecule has 2 unspecified atom stereocenters. The second-order valence-electron chi connectivity index (χ2n) is 2.81. The van der Waals surface area contributed by atoms with Crippen molar-refractivity contribution in [2.45, 2.75) is 12.6 Å². The summed E-state index contributed by atoms with van der Waals surface area (Å²) < 4.78 is 9.52. The summed E-state index contributed by atoms with van der Waals surface area (Å²) >= 11 is 0. The van der Waals surface area contributed by atoms with Crippen LogP contribution in [0.4, 0.5) is 0 Å². The SMILES string of the molecule is COC(O)c1ccccc1C(O)OC. The number of benzene rings is 1. The number of aliphatic hydroxyl groups is 2. The lowest BCUT2D eigenvalue weighted by Crippen LogP contribution is -2.08. The highest BCUT2D eigenvalue weighted by Crippen LogP contribution is 2.24. The van der Waals surface area contributed by atoms with Gasteiger partial charge in [-0.1, -0.05) is 24.3 Å². The number of rotatable bonds is 4. The Kier molecular flexibility index (Phi) is 4.03. The molecule has 0 heterocycles. The summed E-state index contributed by atoms with van der Waals surface area (Å²) in [5, 5.41) is 18.9. The van der Waals surface area contributed by atoms with E-state index >= 15 is 0 Å². The molecule has 1 rings (SSSR count). The number of methoxy groups -OCH3 is 2. The lowest BCUT2D eigenvalue weighted by Gasteiger charge is -2.16. The predicted octanol–water partition coefficient (Wildman–Crippen LogP) is 0.961. The fourth-order valence-electron chi connectivity index (χ4n) is 1.21. The zero-order valence-corrected chi connectivity index (χ0v) is 8.18. The van der Waals surface area contributed by atoms with Crippen molar-refractivity contribution in [3.63, 3.8) is 0 Å². The minimum absolute atomic E-state index is 0.504. The Morgan fingerprint density at radius 2 is 1.29 bits per heavy atom. The molecule has 1 aromatic carbocycles. The third-order valence-corrected chi connectivity index (χ3v) is 1.97. The Morgan fingerprint density at radius 1 is 0.929 bits per heavy atom. The van der Waals surface area contributed by atoms with E-state index in [0.717, 1.165) is 0 Å². The van der Waals surface area contributed by atoms with Gasteiger partial charge in [-0.05, 0) is 0 Å². The standard InChI is InChI=1S/C10H14O4/c1-13-9(11)7-5-3-4-6-8(7)10(12)14-2/h3-6,9-12H,1-2H3. The average Bonchev–Trinajstić information content (AvgIpc) is 2.27. The Labute approximate surface area is 82.7 Å². The van der Waals surface area contributed by atoms with Crippen molar-refractivity contribution in [2.75, 3.05) is 14.2 Å². The van der Waals surface area contributed by atoms with Crippen LogP contribution in [-0.4, -0.2) is 24.4 Å². The molecule has 4 heteroatoms. The summed E-state index contributed by atoms with van der Waals surface area (Å²) in [6.45, 7) is 0. The number of hydrogen-bond acceptors (Lipinski definition) is 4. The van der Waals surface area contributed by atoms with Gasteiger partial charge in [-0.15, -0.1) is 0 Å². The topological polar surface area (TPSA) is 58.9 Å². The Balaban J connectivity index is 3.02. The zero-order chi connectivity index (χ0) is 10.6. The molecule has 1 aromatic rings. The van der Waals surface area contributed by atoms with Crippen molar-refractivity contribution in [1.29, 1.82) is 0 Å². The Morgan fingerprint density at radius 3 is 1.57 bits per heavy atom. The molecule has 14 heavy (non-hydrogen) atoms. The van der Waals surface area contributed by atoms with Crippen LogP contribution in [0.5, 0.6) is 0 Å². The van der Waals surface area contributed by atoms with Crippen LogP contribution >= 0.6 is 0 Å². The molecule has 0 saturated heterocycles. The van der Waals surface area contributed by atoms with E-state index in [0.29, 0.717) is 11.1 Å². The largest absolute Gasteiger partial charge is 0.364 e. The van der Waals surface area contributed by atoms with Gasteiger partial charge in [0.2, 0.25) is 0 Å². The van der Waals surface area contributed by atoms with Crippen LogP contribution in [0.25, 0.3) is 0 Å². The van der Waals surface area contributed by atoms with Crippen molar-refractivity contribution in [2.24, 2.45) is 0 Å². The first-order valence-electron chi connectivity index (χ1n) is 4.21. The molecule has 0 saturated carbocycles. The molecule has 2 N–H and O–H groups in total. The molecular weight excluding hydrogens is 184 g/mol. The van der Waals surface area contributed by atoms with Crippen LogP contribution in [0.1, 0.15) is 23.7 Å². The third-order valence-electron chi connectivity index (χ3n) is 1.97. The van der Waals surface area contributed by atoms with E-state index in [-0.39, 0.29) is 0 Å². The predicted molar refractivity (Wildman–Crippen MR) is 50.4 cm³/mol. The molecule has 0 aliphatic heterocycles. The molecule has 0 aliphatic rings. The molecule has 2 atom stereocenters. The van der Waals surface area contributed by atoms with Gasteiger partial charge >= 0.3 is 0 Å². The fourth-order valence-corrected chi connectivity index (χ4v) is 1.21. The van der Waals surface area contributed by atoms with Crippen molar-refractivity contribution < 1.29 is 19.7 Å². The molecule has 0 radical (unpaired) electrons. The van der Waals surface area contributed by atoms with Gasteiger partial charge in [0.1, 0.15) is 0 Å². The van der Waals surface area contributed by atoms with E-state index in [1.807, 2.05) is 0 Å². The monoisotopic (exact) mass is 198 g/mol. The van der Waals surface area contributed by atoms with Crippen LogP contribution in [0.2, 0.25) is 0 Å². The average molecular weight is 198 g/mol. The molecule has 0 aromatic heterocycles. The van der Waals surface area contributed by atoms with Gasteiger partial charge in [0.05, 0.1) is 0 Å². The normalized spacial score (nSPS) is 15.1. The number of ether oxygens (including phenoxy) is 2. The second-order valence-corrected chi connectivity index (χ2v) is 2.81. The molecule has 0 fully saturated rings. The highest BCUT2D eigenvalue weighted by atomic mass is 16.6. The highest BCUT2D eigenvalue weighted by molar-refractivity contribution is 5.28. The minimum atomic E-state index is -1.05. The van der Waals surface area contributed by atoms with Gasteiger partial charge in [0, 0.05) is 25.3 Å². The fraction of sp³-hybridized carbons (Fsp3) is 0.400. The maximum Gasteiger partial charge on any atom is 0.181 e. The smallest absolute Gasteiger partial charge is 0.181 e. The molecule has 0 aliphatic carbocycles. The van der Waals surface area contributed by atoms with Crippen LogP contribution in [0.3, 0.4) is 0 Å². The summed E-state index contributed by atoms with van der Waals surface area (Å²) in [5.74, 6) is 0. The number of hydrogen-bond donors (Lipinski definition) is 2. The second kappa shape index (κ2) is 5.07. The van der Waals surface area contributed by atoms with E-state index in [1.165, 1.54) is 14.2 Å². The molecule has 78 valence electrons. The van der Waals surface area contributed by atoms with Crippen molar-refractivity contribution in [1.82, 2.24) is 0 Å². The van der Waals surface area contributed by atoms with E-state index < -0.39 is 12.6 Å². The van der Waals surface area contributed by atoms with Crippen molar-refractivity contribution >= 4 is 0 Å². The quantitative estimate of drug-likeness (QED) is 0.707. The Bertz CT molecular complexity index is 258. The molecule has 4 nitrogen and oxygen atoms in total. The first kappa shape index (κ1) is 11.1. The first-order valence-corrected chi connectivity index (χ1v) is 4.21. The molecular formula is C10H14O4. The summed E-state index contributed by atoms with van der Waals surface area (Å²) in [6.07, 6.45) is -2.09. The molecule has 0 spiro atoms. The highest BCUT2D eigenvalue weighted by Gasteiger charge is 2.16. The maximum atomic E-state index is 9.47. The third kappa shape index (κ3) is 2.30. The first-order chi connectivity index (χ1) is 6.70. The Hall–Kier alpha value is -0.940. The van der Waals surface area contributed by atoms with Crippen molar-refractivity contribution in [3.8, 4) is 0 Å². The van der Waals surface area contributed by atoms with Gasteiger partial charge in [0.25, 0.3) is 0 Å². The van der Waals surface area contributed by atoms with E-state index in [9.17, 15) is 10.2 Å². The summed E-state index contributed by atoms with van der Waals surface area (Å²) in [4.78, 5) is 0. The van der Waals surface area contributed by atoms with Gasteiger partial charge in [-0.2, -0.15) is 0 Å². The zero-order valence-electron chi connectivity index (χ0n) is 8.18. The van der Waals surface area contributed by atoms with Gasteiger partial charge in [-0.25, -0.2) is 0 Å².